The topological polar surface area (TPSA) is 78.8 Å². The Morgan fingerprint density at radius 3 is 2.88 bits per heavy atom. The van der Waals surface area contributed by atoms with E-state index in [-0.39, 0.29) is 11.1 Å². The van der Waals surface area contributed by atoms with E-state index in [4.69, 9.17) is 0 Å². The van der Waals surface area contributed by atoms with E-state index in [9.17, 15) is 4.79 Å². The predicted molar refractivity (Wildman–Crippen MR) is 106 cm³/mol. The summed E-state index contributed by atoms with van der Waals surface area (Å²) in [6.07, 6.45) is 6.50. The Morgan fingerprint density at radius 1 is 1.35 bits per heavy atom. The van der Waals surface area contributed by atoms with E-state index in [1.54, 1.807) is 10.9 Å². The Labute approximate surface area is 155 Å². The van der Waals surface area contributed by atoms with Gasteiger partial charge in [0, 0.05) is 13.1 Å². The van der Waals surface area contributed by atoms with Crippen LogP contribution in [-0.4, -0.2) is 50.8 Å². The molecule has 7 nitrogen and oxygen atoms in total. The van der Waals surface area contributed by atoms with Crippen molar-refractivity contribution in [1.29, 1.82) is 0 Å². The smallest absolute Gasteiger partial charge is 0.263 e. The molecule has 1 atom stereocenters. The standard InChI is InChI=1S/C19H32N6O/c1-14-8-7-11-24(13-14)10-6-5-9-20-18-22-16-15(17(26)23-18)12-21-25(16)19(2,3)4/h12,14H,5-11,13H2,1-4H3,(H2,20,22,23,26). The molecule has 1 saturated heterocycles. The molecule has 3 rings (SSSR count). The zero-order valence-electron chi connectivity index (χ0n) is 16.5. The van der Waals surface area contributed by atoms with Gasteiger partial charge in [0.25, 0.3) is 5.56 Å². The van der Waals surface area contributed by atoms with Gasteiger partial charge in [-0.05, 0) is 65.5 Å². The first-order chi connectivity index (χ1) is 12.3. The maximum atomic E-state index is 12.3. The lowest BCUT2D eigenvalue weighted by molar-refractivity contribution is 0.181. The van der Waals surface area contributed by atoms with Crippen LogP contribution in [0.25, 0.3) is 11.0 Å². The molecule has 0 saturated carbocycles. The average molecular weight is 361 g/mol. The van der Waals surface area contributed by atoms with E-state index in [2.05, 4.69) is 53.0 Å². The van der Waals surface area contributed by atoms with Crippen LogP contribution in [0.4, 0.5) is 5.95 Å². The molecule has 144 valence electrons. The van der Waals surface area contributed by atoms with Crippen LogP contribution < -0.4 is 10.9 Å². The molecule has 7 heteroatoms. The molecule has 1 aliphatic rings. The van der Waals surface area contributed by atoms with Crippen LogP contribution in [-0.2, 0) is 5.54 Å². The summed E-state index contributed by atoms with van der Waals surface area (Å²) in [6.45, 7) is 12.9. The van der Waals surface area contributed by atoms with Gasteiger partial charge in [0.05, 0.1) is 11.7 Å². The minimum Gasteiger partial charge on any atom is -0.356 e. The van der Waals surface area contributed by atoms with Crippen molar-refractivity contribution in [3.8, 4) is 0 Å². The van der Waals surface area contributed by atoms with Crippen molar-refractivity contribution in [1.82, 2.24) is 24.6 Å². The third kappa shape index (κ3) is 4.44. The second-order valence-corrected chi connectivity index (χ2v) is 8.56. The molecule has 1 fully saturated rings. The van der Waals surface area contributed by atoms with Gasteiger partial charge in [-0.3, -0.25) is 9.78 Å². The van der Waals surface area contributed by atoms with Crippen LogP contribution >= 0.6 is 0 Å². The van der Waals surface area contributed by atoms with Crippen LogP contribution in [0.3, 0.4) is 0 Å². The third-order valence-electron chi connectivity index (χ3n) is 5.01. The second kappa shape index (κ2) is 7.78. The van der Waals surface area contributed by atoms with Crippen LogP contribution in [0.1, 0.15) is 53.4 Å². The predicted octanol–water partition coefficient (Wildman–Crippen LogP) is 2.80. The summed E-state index contributed by atoms with van der Waals surface area (Å²) in [5.74, 6) is 1.36. The van der Waals surface area contributed by atoms with Gasteiger partial charge in [-0.25, -0.2) is 4.68 Å². The highest BCUT2D eigenvalue weighted by Crippen LogP contribution is 2.19. The molecular weight excluding hydrogens is 328 g/mol. The zero-order valence-corrected chi connectivity index (χ0v) is 16.5. The molecule has 1 aliphatic heterocycles. The van der Waals surface area contributed by atoms with Crippen molar-refractivity contribution in [2.75, 3.05) is 31.5 Å². The summed E-state index contributed by atoms with van der Waals surface area (Å²) >= 11 is 0. The van der Waals surface area contributed by atoms with Crippen molar-refractivity contribution in [3.63, 3.8) is 0 Å². The van der Waals surface area contributed by atoms with Gasteiger partial charge in [-0.1, -0.05) is 6.92 Å². The lowest BCUT2D eigenvalue weighted by Gasteiger charge is -2.30. The number of unbranched alkanes of at least 4 members (excludes halogenated alkanes) is 1. The average Bonchev–Trinajstić information content (AvgIpc) is 2.99. The molecule has 2 N–H and O–H groups in total. The highest BCUT2D eigenvalue weighted by atomic mass is 16.1. The number of piperidine rings is 1. The first-order valence-electron chi connectivity index (χ1n) is 9.79. The number of hydrogen-bond acceptors (Lipinski definition) is 5. The monoisotopic (exact) mass is 360 g/mol. The molecule has 0 aromatic carbocycles. The van der Waals surface area contributed by atoms with E-state index in [1.807, 2.05) is 0 Å². The summed E-state index contributed by atoms with van der Waals surface area (Å²) in [4.78, 5) is 22.2. The number of anilines is 1. The Morgan fingerprint density at radius 2 is 2.15 bits per heavy atom. The van der Waals surface area contributed by atoms with Gasteiger partial charge in [0.15, 0.2) is 5.65 Å². The first kappa shape index (κ1) is 18.9. The lowest BCUT2D eigenvalue weighted by atomic mass is 10.0. The quantitative estimate of drug-likeness (QED) is 0.775. The highest BCUT2D eigenvalue weighted by molar-refractivity contribution is 5.74. The first-order valence-corrected chi connectivity index (χ1v) is 9.79. The summed E-state index contributed by atoms with van der Waals surface area (Å²) in [5.41, 5.74) is 0.270. The van der Waals surface area contributed by atoms with Gasteiger partial charge in [-0.2, -0.15) is 10.1 Å². The molecule has 0 aliphatic carbocycles. The van der Waals surface area contributed by atoms with Crippen LogP contribution in [0.2, 0.25) is 0 Å². The number of aromatic amines is 1. The normalized spacial score (nSPS) is 19.2. The number of nitrogens with zero attached hydrogens (tertiary/aromatic N) is 4. The van der Waals surface area contributed by atoms with E-state index in [0.717, 1.165) is 31.8 Å². The largest absolute Gasteiger partial charge is 0.356 e. The summed E-state index contributed by atoms with van der Waals surface area (Å²) < 4.78 is 1.81. The van der Waals surface area contributed by atoms with E-state index >= 15 is 0 Å². The Bertz CT molecular complexity index is 787. The molecule has 2 aromatic heterocycles. The zero-order chi connectivity index (χ0) is 18.7. The fourth-order valence-electron chi connectivity index (χ4n) is 3.65. The van der Waals surface area contributed by atoms with Gasteiger partial charge in [0.1, 0.15) is 5.39 Å². The highest BCUT2D eigenvalue weighted by Gasteiger charge is 2.20. The van der Waals surface area contributed by atoms with Crippen LogP contribution in [0.15, 0.2) is 11.0 Å². The Balaban J connectivity index is 1.55. The summed E-state index contributed by atoms with van der Waals surface area (Å²) in [6, 6.07) is 0. The van der Waals surface area contributed by atoms with Crippen molar-refractivity contribution >= 4 is 17.0 Å². The fraction of sp³-hybridized carbons (Fsp3) is 0.737. The minimum absolute atomic E-state index is 0.143. The van der Waals surface area contributed by atoms with Crippen molar-refractivity contribution < 1.29 is 0 Å². The number of likely N-dealkylation sites (tertiary alicyclic amines) is 1. The maximum Gasteiger partial charge on any atom is 0.263 e. The third-order valence-corrected chi connectivity index (χ3v) is 5.01. The van der Waals surface area contributed by atoms with E-state index in [0.29, 0.717) is 17.0 Å². The van der Waals surface area contributed by atoms with Gasteiger partial charge in [0.2, 0.25) is 5.95 Å². The van der Waals surface area contributed by atoms with E-state index in [1.165, 1.54) is 25.9 Å². The van der Waals surface area contributed by atoms with Gasteiger partial charge < -0.3 is 10.2 Å². The van der Waals surface area contributed by atoms with Crippen molar-refractivity contribution in [2.45, 2.75) is 58.9 Å². The van der Waals surface area contributed by atoms with Crippen molar-refractivity contribution in [2.24, 2.45) is 5.92 Å². The molecule has 26 heavy (non-hydrogen) atoms. The molecule has 0 radical (unpaired) electrons. The molecule has 2 aromatic rings. The number of H-pyrrole nitrogens is 1. The number of nitrogens with one attached hydrogen (secondary N) is 2. The molecular formula is C19H32N6O. The van der Waals surface area contributed by atoms with Crippen LogP contribution in [0.5, 0.6) is 0 Å². The fourth-order valence-corrected chi connectivity index (χ4v) is 3.65. The van der Waals surface area contributed by atoms with Gasteiger partial charge in [-0.15, -0.1) is 0 Å². The Hall–Kier alpha value is -1.89. The number of hydrogen-bond donors (Lipinski definition) is 2. The molecule has 1 unspecified atom stereocenters. The minimum atomic E-state index is -0.217. The number of aromatic nitrogens is 4. The maximum absolute atomic E-state index is 12.3. The van der Waals surface area contributed by atoms with E-state index < -0.39 is 0 Å². The molecule has 0 bridgehead atoms. The lowest BCUT2D eigenvalue weighted by Crippen LogP contribution is -2.35. The number of fused-ring (bicyclic) bond motifs is 1. The second-order valence-electron chi connectivity index (χ2n) is 8.56. The summed E-state index contributed by atoms with van der Waals surface area (Å²) in [7, 11) is 0. The summed E-state index contributed by atoms with van der Waals surface area (Å²) in [5, 5.41) is 8.14. The molecule has 0 amide bonds. The Kier molecular flexibility index (Phi) is 5.65. The SMILES string of the molecule is CC1CCCN(CCCCNc2nc3c(cnn3C(C)(C)C)c(=O)[nH]2)C1. The number of rotatable bonds is 6. The molecule has 0 spiro atoms. The van der Waals surface area contributed by atoms with Crippen molar-refractivity contribution in [3.05, 3.63) is 16.6 Å². The van der Waals surface area contributed by atoms with Crippen LogP contribution in [0, 0.1) is 5.92 Å². The van der Waals surface area contributed by atoms with Gasteiger partial charge >= 0.3 is 0 Å². The molecule has 3 heterocycles.